The van der Waals surface area contributed by atoms with Crippen LogP contribution in [0.4, 0.5) is 0 Å². The van der Waals surface area contributed by atoms with Gasteiger partial charge < -0.3 is 37.2 Å². The molecule has 0 spiro atoms. The summed E-state index contributed by atoms with van der Waals surface area (Å²) in [6, 6.07) is 6.19. The van der Waals surface area contributed by atoms with Gasteiger partial charge in [-0.25, -0.2) is 0 Å². The van der Waals surface area contributed by atoms with Crippen LogP contribution in [0, 0.1) is 0 Å². The normalized spacial score (nSPS) is 16.2. The van der Waals surface area contributed by atoms with Crippen LogP contribution in [0.2, 0.25) is 5.02 Å². The molecule has 18 heavy (non-hydrogen) atoms. The summed E-state index contributed by atoms with van der Waals surface area (Å²) < 4.78 is 1.93. The Labute approximate surface area is 149 Å². The van der Waals surface area contributed by atoms with E-state index in [9.17, 15) is 0 Å². The maximum Gasteiger partial charge on any atom is -1.00 e. The summed E-state index contributed by atoms with van der Waals surface area (Å²) in [5.41, 5.74) is 2.95. The largest absolute Gasteiger partial charge is 1.00 e. The fraction of sp³-hybridized carbons (Fsp3) is 0.167. The van der Waals surface area contributed by atoms with Gasteiger partial charge in [0.15, 0.2) is 0 Å². The van der Waals surface area contributed by atoms with Gasteiger partial charge in [0.2, 0.25) is 0 Å². The molecule has 1 aromatic carbocycles. The maximum atomic E-state index is 6.29. The van der Waals surface area contributed by atoms with Crippen LogP contribution >= 0.6 is 22.9 Å². The van der Waals surface area contributed by atoms with Crippen LogP contribution in [-0.4, -0.2) is 0 Å². The second kappa shape index (κ2) is 7.11. The topological polar surface area (TPSA) is 0 Å². The number of hydrogen-bond acceptors (Lipinski definition) is 1. The van der Waals surface area contributed by atoms with Gasteiger partial charge in [-0.2, -0.15) is 0 Å². The van der Waals surface area contributed by atoms with Gasteiger partial charge in [0.25, 0.3) is 0 Å². The second-order valence-corrected chi connectivity index (χ2v) is 6.72. The van der Waals surface area contributed by atoms with E-state index in [-0.39, 0.29) is 37.2 Å². The van der Waals surface area contributed by atoms with E-state index in [1.165, 1.54) is 26.1 Å². The fourth-order valence-corrected chi connectivity index (χ4v) is 4.87. The molecule has 1 aliphatic rings. The summed E-state index contributed by atoms with van der Waals surface area (Å²) in [6.45, 7) is 2.22. The molecule has 0 saturated carbocycles. The number of rotatable bonds is 0. The first-order valence-corrected chi connectivity index (χ1v) is 7.40. The standard InChI is InChI=1S/C12H8ClS.3ClH.Zr/c1-7-5-8-11(6-7)14-10-4-2-3-9(13)12(8)10;;;;/h2-6H,1H3;3*1H;/q;;;;+3/p-3. The molecule has 2 aromatic rings. The van der Waals surface area contributed by atoms with Crippen LogP contribution in [0.3, 0.4) is 0 Å². The quantitative estimate of drug-likeness (QED) is 0.406. The van der Waals surface area contributed by atoms with Crippen molar-refractivity contribution in [2.75, 3.05) is 0 Å². The number of benzene rings is 1. The van der Waals surface area contributed by atoms with E-state index in [2.05, 4.69) is 19.1 Å². The predicted molar refractivity (Wildman–Crippen MR) is 63.2 cm³/mol. The number of fused-ring (bicyclic) bond motifs is 3. The predicted octanol–water partition coefficient (Wildman–Crippen LogP) is -4.43. The third kappa shape index (κ3) is 2.85. The number of thiophene rings is 1. The van der Waals surface area contributed by atoms with Gasteiger partial charge in [0.1, 0.15) is 0 Å². The minimum Gasteiger partial charge on any atom is -1.00 e. The Balaban J connectivity index is 0.000000963. The molecular weight excluding hydrogens is 409 g/mol. The first-order chi connectivity index (χ1) is 7.18. The summed E-state index contributed by atoms with van der Waals surface area (Å²) in [7, 11) is 0. The Kier molecular flexibility index (Phi) is 7.49. The molecule has 6 heteroatoms. The van der Waals surface area contributed by atoms with Crippen molar-refractivity contribution in [3.05, 3.63) is 39.2 Å². The Morgan fingerprint density at radius 3 is 2.56 bits per heavy atom. The average Bonchev–Trinajstić information content (AvgIpc) is 2.66. The average molecular weight is 417 g/mol. The fourth-order valence-electron chi connectivity index (χ4n) is 2.06. The summed E-state index contributed by atoms with van der Waals surface area (Å²) in [4.78, 5) is 1.41. The second-order valence-electron chi connectivity index (χ2n) is 3.81. The molecule has 0 nitrogen and oxygen atoms in total. The van der Waals surface area contributed by atoms with Gasteiger partial charge in [-0.05, 0) is 0 Å². The van der Waals surface area contributed by atoms with Crippen LogP contribution in [0.15, 0.2) is 23.8 Å². The summed E-state index contributed by atoms with van der Waals surface area (Å²) in [6.07, 6.45) is 2.32. The number of hydrogen-bond donors (Lipinski definition) is 0. The Bertz CT molecular complexity index is 591. The molecule has 0 bridgehead atoms. The minimum absolute atomic E-state index is 0. The molecule has 0 saturated heterocycles. The summed E-state index contributed by atoms with van der Waals surface area (Å²) in [5.74, 6) is 0. The van der Waals surface area contributed by atoms with Crippen molar-refractivity contribution < 1.29 is 61.9 Å². The van der Waals surface area contributed by atoms with E-state index in [4.69, 9.17) is 11.6 Å². The van der Waals surface area contributed by atoms with Crippen LogP contribution in [0.25, 0.3) is 16.2 Å². The first-order valence-electron chi connectivity index (χ1n) is 4.78. The molecule has 1 unspecified atom stereocenters. The molecule has 0 aliphatic heterocycles. The van der Waals surface area contributed by atoms with Crippen LogP contribution in [0.5, 0.6) is 0 Å². The summed E-state index contributed by atoms with van der Waals surface area (Å²) >= 11 is 9.71. The van der Waals surface area contributed by atoms with E-state index in [1.807, 2.05) is 23.5 Å². The first kappa shape index (κ1) is 19.0. The third-order valence-electron chi connectivity index (χ3n) is 2.83. The zero-order valence-corrected chi connectivity index (χ0v) is 15.6. The number of allylic oxidation sites excluding steroid dienone is 1. The van der Waals surface area contributed by atoms with Crippen LogP contribution < -0.4 is 37.2 Å². The van der Waals surface area contributed by atoms with E-state index in [1.54, 1.807) is 24.7 Å². The van der Waals surface area contributed by atoms with Crippen LogP contribution in [-0.2, 0) is 24.7 Å². The van der Waals surface area contributed by atoms with Gasteiger partial charge in [0.05, 0.1) is 0 Å². The smallest absolute Gasteiger partial charge is 1.00 e. The Morgan fingerprint density at radius 1 is 1.22 bits per heavy atom. The van der Waals surface area contributed by atoms with E-state index in [0.29, 0.717) is 3.63 Å². The molecule has 3 rings (SSSR count). The molecule has 0 fully saturated rings. The third-order valence-corrected chi connectivity index (χ3v) is 6.09. The zero-order chi connectivity index (χ0) is 10.6. The Morgan fingerprint density at radius 2 is 1.89 bits per heavy atom. The zero-order valence-electron chi connectivity index (χ0n) is 9.31. The number of halogens is 4. The molecule has 94 valence electrons. The minimum atomic E-state index is 0. The van der Waals surface area contributed by atoms with E-state index in [0.717, 1.165) is 5.02 Å². The van der Waals surface area contributed by atoms with E-state index < -0.39 is 0 Å². The van der Waals surface area contributed by atoms with Crippen molar-refractivity contribution in [1.29, 1.82) is 0 Å². The maximum absolute atomic E-state index is 6.29. The van der Waals surface area contributed by atoms with Gasteiger partial charge in [0, 0.05) is 0 Å². The van der Waals surface area contributed by atoms with E-state index >= 15 is 0 Å². The monoisotopic (exact) mass is 414 g/mol. The molecule has 1 aliphatic carbocycles. The molecule has 0 N–H and O–H groups in total. The van der Waals surface area contributed by atoms with Crippen molar-refractivity contribution in [3.8, 4) is 0 Å². The SMILES string of the molecule is CC1=Cc2sc3cccc(Cl)c3c2[CH]1[Zr+3].[Cl-].[Cl-].[Cl-]. The van der Waals surface area contributed by atoms with Crippen molar-refractivity contribution in [3.63, 3.8) is 0 Å². The molecule has 1 heterocycles. The van der Waals surface area contributed by atoms with Gasteiger partial charge in [-0.15, -0.1) is 0 Å². The molecule has 1 atom stereocenters. The van der Waals surface area contributed by atoms with Gasteiger partial charge >= 0.3 is 114 Å². The molecular formula is C12H8Cl4SZr. The summed E-state index contributed by atoms with van der Waals surface area (Å²) in [5, 5.41) is 2.19. The van der Waals surface area contributed by atoms with Crippen LogP contribution in [0.1, 0.15) is 21.0 Å². The van der Waals surface area contributed by atoms with Crippen molar-refractivity contribution in [2.24, 2.45) is 0 Å². The van der Waals surface area contributed by atoms with Crippen molar-refractivity contribution in [2.45, 2.75) is 10.5 Å². The van der Waals surface area contributed by atoms with Gasteiger partial charge in [-0.3, -0.25) is 0 Å². The van der Waals surface area contributed by atoms with Crippen molar-refractivity contribution in [1.82, 2.24) is 0 Å². The molecule has 0 radical (unpaired) electrons. The van der Waals surface area contributed by atoms with Crippen molar-refractivity contribution >= 4 is 39.1 Å². The molecule has 1 aromatic heterocycles. The van der Waals surface area contributed by atoms with Gasteiger partial charge in [-0.1, -0.05) is 0 Å². The molecule has 0 amide bonds. The Hall–Kier alpha value is 0.963.